The van der Waals surface area contributed by atoms with Crippen LogP contribution in [0.3, 0.4) is 0 Å². The maximum absolute atomic E-state index is 10.2. The first-order valence-corrected chi connectivity index (χ1v) is 4.53. The van der Waals surface area contributed by atoms with E-state index in [-0.39, 0.29) is 0 Å². The van der Waals surface area contributed by atoms with Crippen LogP contribution in [-0.2, 0) is 0 Å². The zero-order valence-corrected chi connectivity index (χ0v) is 8.82. The first-order chi connectivity index (χ1) is 6.57. The number of carboxylic acid groups (broad SMARTS) is 1. The molecule has 3 nitrogen and oxygen atoms in total. The van der Waals surface area contributed by atoms with Gasteiger partial charge >= 0.3 is 5.97 Å². The van der Waals surface area contributed by atoms with Crippen molar-refractivity contribution in [2.45, 2.75) is 19.9 Å². The summed E-state index contributed by atoms with van der Waals surface area (Å²) in [6.07, 6.45) is 0. The SMILES string of the molecule is CNC(C)C.O=C(O)c1ccccc1. The first kappa shape index (κ1) is 12.7. The van der Waals surface area contributed by atoms with E-state index in [2.05, 4.69) is 19.2 Å². The van der Waals surface area contributed by atoms with Crippen LogP contribution in [0.2, 0.25) is 0 Å². The van der Waals surface area contributed by atoms with Crippen molar-refractivity contribution in [2.75, 3.05) is 7.05 Å². The fourth-order valence-electron chi connectivity index (χ4n) is 0.581. The number of hydrogen-bond acceptors (Lipinski definition) is 2. The van der Waals surface area contributed by atoms with Crippen LogP contribution in [-0.4, -0.2) is 24.2 Å². The number of rotatable bonds is 2. The summed E-state index contributed by atoms with van der Waals surface area (Å²) in [6, 6.07) is 8.93. The minimum Gasteiger partial charge on any atom is -0.478 e. The lowest BCUT2D eigenvalue weighted by atomic mass is 10.2. The van der Waals surface area contributed by atoms with E-state index in [1.54, 1.807) is 30.3 Å². The summed E-state index contributed by atoms with van der Waals surface area (Å²) in [4.78, 5) is 10.2. The van der Waals surface area contributed by atoms with E-state index < -0.39 is 5.97 Å². The van der Waals surface area contributed by atoms with Gasteiger partial charge in [-0.3, -0.25) is 0 Å². The Kier molecular flexibility index (Phi) is 6.41. The third-order valence-electron chi connectivity index (χ3n) is 1.60. The number of benzene rings is 1. The molecule has 0 fully saturated rings. The molecule has 1 aromatic carbocycles. The second kappa shape index (κ2) is 7.09. The van der Waals surface area contributed by atoms with E-state index in [0.29, 0.717) is 11.6 Å². The Hall–Kier alpha value is -1.35. The van der Waals surface area contributed by atoms with Gasteiger partial charge in [-0.2, -0.15) is 0 Å². The summed E-state index contributed by atoms with van der Waals surface area (Å²) in [6.45, 7) is 4.22. The van der Waals surface area contributed by atoms with Crippen molar-refractivity contribution < 1.29 is 9.90 Å². The molecule has 0 saturated carbocycles. The van der Waals surface area contributed by atoms with Crippen molar-refractivity contribution in [2.24, 2.45) is 0 Å². The fraction of sp³-hybridized carbons (Fsp3) is 0.364. The summed E-state index contributed by atoms with van der Waals surface area (Å²) < 4.78 is 0. The van der Waals surface area contributed by atoms with E-state index in [4.69, 9.17) is 5.11 Å². The molecule has 0 amide bonds. The molecule has 0 saturated heterocycles. The molecule has 3 heteroatoms. The highest BCUT2D eigenvalue weighted by atomic mass is 16.4. The summed E-state index contributed by atoms with van der Waals surface area (Å²) >= 11 is 0. The molecule has 0 aliphatic carbocycles. The van der Waals surface area contributed by atoms with Gasteiger partial charge in [0.25, 0.3) is 0 Å². The van der Waals surface area contributed by atoms with E-state index in [1.165, 1.54) is 0 Å². The van der Waals surface area contributed by atoms with Gasteiger partial charge in [-0.15, -0.1) is 0 Å². The molecule has 78 valence electrons. The van der Waals surface area contributed by atoms with Crippen molar-refractivity contribution in [3.63, 3.8) is 0 Å². The average molecular weight is 195 g/mol. The Morgan fingerprint density at radius 2 is 1.71 bits per heavy atom. The molecule has 1 rings (SSSR count). The summed E-state index contributed by atoms with van der Waals surface area (Å²) in [5.74, 6) is -0.879. The predicted molar refractivity (Wildman–Crippen MR) is 57.6 cm³/mol. The van der Waals surface area contributed by atoms with E-state index in [1.807, 2.05) is 7.05 Å². The van der Waals surface area contributed by atoms with Crippen LogP contribution in [0.15, 0.2) is 30.3 Å². The third kappa shape index (κ3) is 6.20. The van der Waals surface area contributed by atoms with Crippen LogP contribution in [0.1, 0.15) is 24.2 Å². The Bertz CT molecular complexity index is 257. The Morgan fingerprint density at radius 1 is 1.29 bits per heavy atom. The molecule has 0 aliphatic heterocycles. The van der Waals surface area contributed by atoms with Crippen molar-refractivity contribution in [3.05, 3.63) is 35.9 Å². The molecule has 1 aromatic rings. The summed E-state index contributed by atoms with van der Waals surface area (Å²) in [5.41, 5.74) is 0.331. The van der Waals surface area contributed by atoms with Crippen LogP contribution in [0, 0.1) is 0 Å². The normalized spacial score (nSPS) is 9.14. The number of hydrogen-bond donors (Lipinski definition) is 2. The maximum Gasteiger partial charge on any atom is 0.335 e. The molecule has 0 bridgehead atoms. The van der Waals surface area contributed by atoms with Crippen molar-refractivity contribution in [1.29, 1.82) is 0 Å². The fourth-order valence-corrected chi connectivity index (χ4v) is 0.581. The van der Waals surface area contributed by atoms with Gasteiger partial charge in [-0.1, -0.05) is 32.0 Å². The molecule has 0 aliphatic rings. The van der Waals surface area contributed by atoms with Crippen LogP contribution in [0.5, 0.6) is 0 Å². The lowest BCUT2D eigenvalue weighted by Crippen LogP contribution is -2.15. The van der Waals surface area contributed by atoms with Gasteiger partial charge in [-0.05, 0) is 19.2 Å². The van der Waals surface area contributed by atoms with E-state index in [9.17, 15) is 4.79 Å². The standard InChI is InChI=1S/C7H6O2.C4H11N/c8-7(9)6-4-2-1-3-5-6;1-4(2)5-3/h1-5H,(H,8,9);4-5H,1-3H3. The van der Waals surface area contributed by atoms with Crippen LogP contribution in [0.25, 0.3) is 0 Å². The van der Waals surface area contributed by atoms with Crippen LogP contribution in [0.4, 0.5) is 0 Å². The number of carboxylic acids is 1. The second-order valence-corrected chi connectivity index (χ2v) is 3.11. The lowest BCUT2D eigenvalue weighted by molar-refractivity contribution is 0.0697. The zero-order valence-electron chi connectivity index (χ0n) is 8.82. The molecule has 0 heterocycles. The Balaban J connectivity index is 0.000000292. The van der Waals surface area contributed by atoms with Gasteiger partial charge in [0.05, 0.1) is 5.56 Å². The summed E-state index contributed by atoms with van der Waals surface area (Å²) in [5, 5.41) is 11.4. The molecule has 2 N–H and O–H groups in total. The number of aromatic carboxylic acids is 1. The van der Waals surface area contributed by atoms with Crippen LogP contribution >= 0.6 is 0 Å². The number of carbonyl (C=O) groups is 1. The highest BCUT2D eigenvalue weighted by molar-refractivity contribution is 5.87. The molecule has 0 spiro atoms. The Labute approximate surface area is 84.8 Å². The van der Waals surface area contributed by atoms with Gasteiger partial charge in [0.2, 0.25) is 0 Å². The van der Waals surface area contributed by atoms with Crippen molar-refractivity contribution in [3.8, 4) is 0 Å². The molecule has 0 radical (unpaired) electrons. The summed E-state index contributed by atoms with van der Waals surface area (Å²) in [7, 11) is 1.95. The molecule has 0 aromatic heterocycles. The molecular weight excluding hydrogens is 178 g/mol. The molecule has 14 heavy (non-hydrogen) atoms. The van der Waals surface area contributed by atoms with Gasteiger partial charge in [0.15, 0.2) is 0 Å². The van der Waals surface area contributed by atoms with Gasteiger partial charge < -0.3 is 10.4 Å². The second-order valence-electron chi connectivity index (χ2n) is 3.11. The number of nitrogens with one attached hydrogen (secondary N) is 1. The quantitative estimate of drug-likeness (QED) is 0.758. The Morgan fingerprint density at radius 3 is 1.93 bits per heavy atom. The van der Waals surface area contributed by atoms with E-state index in [0.717, 1.165) is 0 Å². The minimum absolute atomic E-state index is 0.331. The zero-order chi connectivity index (χ0) is 11.0. The highest BCUT2D eigenvalue weighted by Crippen LogP contribution is 1.96. The van der Waals surface area contributed by atoms with Gasteiger partial charge in [0.1, 0.15) is 0 Å². The maximum atomic E-state index is 10.2. The molecule has 0 atom stereocenters. The molecule has 0 unspecified atom stereocenters. The van der Waals surface area contributed by atoms with Gasteiger partial charge in [0, 0.05) is 6.04 Å². The van der Waals surface area contributed by atoms with E-state index >= 15 is 0 Å². The lowest BCUT2D eigenvalue weighted by Gasteiger charge is -1.95. The largest absolute Gasteiger partial charge is 0.478 e. The first-order valence-electron chi connectivity index (χ1n) is 4.53. The van der Waals surface area contributed by atoms with Crippen molar-refractivity contribution >= 4 is 5.97 Å². The smallest absolute Gasteiger partial charge is 0.335 e. The van der Waals surface area contributed by atoms with Crippen LogP contribution < -0.4 is 5.32 Å². The average Bonchev–Trinajstić information content (AvgIpc) is 2.20. The monoisotopic (exact) mass is 195 g/mol. The van der Waals surface area contributed by atoms with Gasteiger partial charge in [-0.25, -0.2) is 4.79 Å². The molecular formula is C11H17NO2. The predicted octanol–water partition coefficient (Wildman–Crippen LogP) is 2.00. The third-order valence-corrected chi connectivity index (χ3v) is 1.60. The highest BCUT2D eigenvalue weighted by Gasteiger charge is 1.96. The minimum atomic E-state index is -0.879. The topological polar surface area (TPSA) is 49.3 Å². The van der Waals surface area contributed by atoms with Crippen molar-refractivity contribution in [1.82, 2.24) is 5.32 Å².